The summed E-state index contributed by atoms with van der Waals surface area (Å²) in [6, 6.07) is 2.32. The van der Waals surface area contributed by atoms with Gasteiger partial charge in [0.05, 0.1) is 20.3 Å². The van der Waals surface area contributed by atoms with Crippen molar-refractivity contribution in [3.8, 4) is 11.5 Å². The molecule has 112 valence electrons. The van der Waals surface area contributed by atoms with Crippen molar-refractivity contribution in [3.05, 3.63) is 23.5 Å². The van der Waals surface area contributed by atoms with Gasteiger partial charge in [-0.3, -0.25) is 4.79 Å². The lowest BCUT2D eigenvalue weighted by molar-refractivity contribution is -0.121. The van der Waals surface area contributed by atoms with Gasteiger partial charge in [0.25, 0.3) is 0 Å². The second-order valence-electron chi connectivity index (χ2n) is 4.41. The molecule has 1 amide bonds. The second kappa shape index (κ2) is 7.69. The van der Waals surface area contributed by atoms with Crippen LogP contribution in [0.3, 0.4) is 0 Å². The summed E-state index contributed by atoms with van der Waals surface area (Å²) in [5.74, 6) is 0.133. The molecular formula is C14H21FN2O3. The van der Waals surface area contributed by atoms with E-state index in [1.54, 1.807) is 6.92 Å². The molecule has 6 heteroatoms. The van der Waals surface area contributed by atoms with Crippen molar-refractivity contribution in [1.82, 2.24) is 5.32 Å². The number of carbonyl (C=O) groups is 1. The van der Waals surface area contributed by atoms with Crippen LogP contribution >= 0.6 is 0 Å². The van der Waals surface area contributed by atoms with Gasteiger partial charge in [0.2, 0.25) is 5.91 Å². The number of carbonyl (C=O) groups excluding carboxylic acids is 1. The lowest BCUT2D eigenvalue weighted by Gasteiger charge is -2.17. The molecule has 5 nitrogen and oxygen atoms in total. The van der Waals surface area contributed by atoms with Gasteiger partial charge in [-0.05, 0) is 26.0 Å². The van der Waals surface area contributed by atoms with E-state index in [-0.39, 0.29) is 5.91 Å². The fourth-order valence-electron chi connectivity index (χ4n) is 1.86. The van der Waals surface area contributed by atoms with Crippen LogP contribution in [0.25, 0.3) is 0 Å². The fourth-order valence-corrected chi connectivity index (χ4v) is 1.86. The van der Waals surface area contributed by atoms with Gasteiger partial charge in [0, 0.05) is 18.1 Å². The number of nitrogens with one attached hydrogen (secondary N) is 1. The van der Waals surface area contributed by atoms with E-state index >= 15 is 0 Å². The van der Waals surface area contributed by atoms with E-state index in [4.69, 9.17) is 15.2 Å². The molecule has 0 aromatic heterocycles. The van der Waals surface area contributed by atoms with Gasteiger partial charge in [-0.1, -0.05) is 0 Å². The Morgan fingerprint density at radius 2 is 1.95 bits per heavy atom. The molecule has 20 heavy (non-hydrogen) atoms. The van der Waals surface area contributed by atoms with Crippen molar-refractivity contribution in [3.63, 3.8) is 0 Å². The third-order valence-corrected chi connectivity index (χ3v) is 2.95. The van der Waals surface area contributed by atoms with Crippen molar-refractivity contribution in [2.75, 3.05) is 20.8 Å². The first-order valence-corrected chi connectivity index (χ1v) is 6.44. The van der Waals surface area contributed by atoms with Crippen molar-refractivity contribution in [2.24, 2.45) is 5.73 Å². The molecule has 0 aliphatic heterocycles. The molecule has 0 saturated heterocycles. The topological polar surface area (TPSA) is 73.6 Å². The summed E-state index contributed by atoms with van der Waals surface area (Å²) in [6.45, 7) is 2.16. The molecule has 0 bridgehead atoms. The predicted molar refractivity (Wildman–Crippen MR) is 74.4 cm³/mol. The molecule has 0 aliphatic carbocycles. The summed E-state index contributed by atoms with van der Waals surface area (Å²) in [7, 11) is 2.92. The van der Waals surface area contributed by atoms with Crippen molar-refractivity contribution in [2.45, 2.75) is 25.8 Å². The standard InChI is InChI=1S/C14H21FN2O3/c1-9(17-14(18)5-4-6-16)10-7-12(19-2)13(20-3)8-11(10)15/h7-9H,4-6,16H2,1-3H3,(H,17,18). The Kier molecular flexibility index (Phi) is 6.24. The van der Waals surface area contributed by atoms with Crippen LogP contribution in [0.5, 0.6) is 11.5 Å². The van der Waals surface area contributed by atoms with Crippen LogP contribution in [0.1, 0.15) is 31.4 Å². The maximum absolute atomic E-state index is 14.0. The molecule has 3 N–H and O–H groups in total. The Morgan fingerprint density at radius 3 is 2.50 bits per heavy atom. The number of hydrogen-bond acceptors (Lipinski definition) is 4. The normalized spacial score (nSPS) is 11.8. The van der Waals surface area contributed by atoms with Gasteiger partial charge in [-0.2, -0.15) is 0 Å². The third-order valence-electron chi connectivity index (χ3n) is 2.95. The number of halogens is 1. The molecule has 0 saturated carbocycles. The first-order valence-electron chi connectivity index (χ1n) is 6.44. The number of hydrogen-bond donors (Lipinski definition) is 2. The van der Waals surface area contributed by atoms with E-state index in [0.29, 0.717) is 36.4 Å². The van der Waals surface area contributed by atoms with Crippen LogP contribution in [0, 0.1) is 5.82 Å². The lowest BCUT2D eigenvalue weighted by atomic mass is 10.1. The molecule has 1 atom stereocenters. The van der Waals surface area contributed by atoms with Gasteiger partial charge >= 0.3 is 0 Å². The highest BCUT2D eigenvalue weighted by Gasteiger charge is 2.17. The maximum Gasteiger partial charge on any atom is 0.220 e. The zero-order valence-corrected chi connectivity index (χ0v) is 12.0. The monoisotopic (exact) mass is 284 g/mol. The van der Waals surface area contributed by atoms with Gasteiger partial charge in [-0.15, -0.1) is 0 Å². The number of amides is 1. The molecule has 1 unspecified atom stereocenters. The third kappa shape index (κ3) is 4.09. The molecule has 0 radical (unpaired) electrons. The van der Waals surface area contributed by atoms with Crippen LogP contribution in [0.4, 0.5) is 4.39 Å². The Morgan fingerprint density at radius 1 is 1.35 bits per heavy atom. The van der Waals surface area contributed by atoms with Crippen molar-refractivity contribution < 1.29 is 18.7 Å². The van der Waals surface area contributed by atoms with Gasteiger partial charge in [-0.25, -0.2) is 4.39 Å². The Bertz CT molecular complexity index is 466. The highest BCUT2D eigenvalue weighted by Crippen LogP contribution is 2.32. The van der Waals surface area contributed by atoms with Crippen LogP contribution in [0.2, 0.25) is 0 Å². The minimum absolute atomic E-state index is 0.155. The summed E-state index contributed by atoms with van der Waals surface area (Å²) in [5, 5.41) is 2.73. The minimum atomic E-state index is -0.458. The number of methoxy groups -OCH3 is 2. The summed E-state index contributed by atoms with van der Waals surface area (Å²) >= 11 is 0. The predicted octanol–water partition coefficient (Wildman–Crippen LogP) is 1.76. The summed E-state index contributed by atoms with van der Waals surface area (Å²) in [5.41, 5.74) is 5.69. The van der Waals surface area contributed by atoms with Crippen molar-refractivity contribution in [1.29, 1.82) is 0 Å². The molecule has 1 aromatic rings. The summed E-state index contributed by atoms with van der Waals surface area (Å²) < 4.78 is 24.2. The number of nitrogens with two attached hydrogens (primary N) is 1. The number of ether oxygens (including phenoxy) is 2. The maximum atomic E-state index is 14.0. The first kappa shape index (κ1) is 16.2. The largest absolute Gasteiger partial charge is 0.493 e. The van der Waals surface area contributed by atoms with Gasteiger partial charge in [0.15, 0.2) is 11.5 Å². The Labute approximate surface area is 118 Å². The summed E-state index contributed by atoms with van der Waals surface area (Å²) in [4.78, 5) is 11.6. The second-order valence-corrected chi connectivity index (χ2v) is 4.41. The van der Waals surface area contributed by atoms with Crippen LogP contribution in [-0.4, -0.2) is 26.7 Å². The summed E-state index contributed by atoms with van der Waals surface area (Å²) in [6.07, 6.45) is 0.933. The molecular weight excluding hydrogens is 263 g/mol. The zero-order valence-electron chi connectivity index (χ0n) is 12.0. The lowest BCUT2D eigenvalue weighted by Crippen LogP contribution is -2.27. The van der Waals surface area contributed by atoms with Crippen LogP contribution in [0.15, 0.2) is 12.1 Å². The van der Waals surface area contributed by atoms with E-state index in [1.807, 2.05) is 0 Å². The molecule has 0 heterocycles. The van der Waals surface area contributed by atoms with E-state index in [1.165, 1.54) is 26.4 Å². The van der Waals surface area contributed by atoms with E-state index in [9.17, 15) is 9.18 Å². The SMILES string of the molecule is COc1cc(F)c(C(C)NC(=O)CCCN)cc1OC. The first-order chi connectivity index (χ1) is 9.53. The van der Waals surface area contributed by atoms with Gasteiger partial charge in [0.1, 0.15) is 5.82 Å². The molecule has 0 spiro atoms. The number of rotatable bonds is 7. The molecule has 1 aromatic carbocycles. The van der Waals surface area contributed by atoms with E-state index in [2.05, 4.69) is 5.32 Å². The zero-order chi connectivity index (χ0) is 15.1. The highest BCUT2D eigenvalue weighted by molar-refractivity contribution is 5.76. The highest BCUT2D eigenvalue weighted by atomic mass is 19.1. The Hall–Kier alpha value is -1.82. The van der Waals surface area contributed by atoms with Gasteiger partial charge < -0.3 is 20.5 Å². The number of benzene rings is 1. The molecule has 0 aliphatic rings. The molecule has 0 fully saturated rings. The van der Waals surface area contributed by atoms with E-state index in [0.717, 1.165) is 0 Å². The fraction of sp³-hybridized carbons (Fsp3) is 0.500. The molecule has 1 rings (SSSR count). The Balaban J connectivity index is 2.87. The van der Waals surface area contributed by atoms with Crippen molar-refractivity contribution >= 4 is 5.91 Å². The van der Waals surface area contributed by atoms with Crippen LogP contribution in [-0.2, 0) is 4.79 Å². The smallest absolute Gasteiger partial charge is 0.220 e. The van der Waals surface area contributed by atoms with E-state index < -0.39 is 11.9 Å². The van der Waals surface area contributed by atoms with Crippen LogP contribution < -0.4 is 20.5 Å². The minimum Gasteiger partial charge on any atom is -0.493 e. The average Bonchev–Trinajstić information content (AvgIpc) is 2.44. The quantitative estimate of drug-likeness (QED) is 0.800. The average molecular weight is 284 g/mol.